The zero-order chi connectivity index (χ0) is 19.8. The fourth-order valence-electron chi connectivity index (χ4n) is 4.45. The number of carbonyl (C=O) groups excluding carboxylic acids is 1. The van der Waals surface area contributed by atoms with Crippen molar-refractivity contribution in [1.82, 2.24) is 14.9 Å². The van der Waals surface area contributed by atoms with Crippen molar-refractivity contribution in [2.24, 2.45) is 0 Å². The predicted octanol–water partition coefficient (Wildman–Crippen LogP) is 3.56. The van der Waals surface area contributed by atoms with E-state index in [-0.39, 0.29) is 18.5 Å². The van der Waals surface area contributed by atoms with Crippen LogP contribution in [0.5, 0.6) is 11.5 Å². The van der Waals surface area contributed by atoms with Crippen LogP contribution in [-0.2, 0) is 24.2 Å². The van der Waals surface area contributed by atoms with Gasteiger partial charge in [-0.25, -0.2) is 4.98 Å². The van der Waals surface area contributed by atoms with Crippen molar-refractivity contribution in [3.8, 4) is 11.5 Å². The first-order valence-corrected chi connectivity index (χ1v) is 10.4. The number of amides is 1. The summed E-state index contributed by atoms with van der Waals surface area (Å²) in [4.78, 5) is 17.7. The van der Waals surface area contributed by atoms with Crippen LogP contribution in [0.4, 0.5) is 0 Å². The fourth-order valence-corrected chi connectivity index (χ4v) is 4.45. The van der Waals surface area contributed by atoms with Crippen molar-refractivity contribution >= 4 is 16.9 Å². The molecule has 2 heterocycles. The number of fused-ring (bicyclic) bond motifs is 3. The van der Waals surface area contributed by atoms with Gasteiger partial charge < -0.3 is 19.4 Å². The van der Waals surface area contributed by atoms with Crippen LogP contribution < -0.4 is 14.8 Å². The summed E-state index contributed by atoms with van der Waals surface area (Å²) in [6, 6.07) is 12.4. The minimum Gasteiger partial charge on any atom is -0.486 e. The quantitative estimate of drug-likeness (QED) is 0.739. The molecule has 1 amide bonds. The first kappa shape index (κ1) is 18.0. The first-order valence-electron chi connectivity index (χ1n) is 10.4. The molecule has 29 heavy (non-hydrogen) atoms. The Morgan fingerprint density at radius 3 is 2.83 bits per heavy atom. The molecule has 2 aromatic carbocycles. The average Bonchev–Trinajstić information content (AvgIpc) is 3.08. The van der Waals surface area contributed by atoms with Gasteiger partial charge in [-0.1, -0.05) is 31.2 Å². The van der Waals surface area contributed by atoms with E-state index in [2.05, 4.69) is 30.4 Å². The molecule has 6 nitrogen and oxygen atoms in total. The van der Waals surface area contributed by atoms with Crippen molar-refractivity contribution < 1.29 is 14.3 Å². The maximum Gasteiger partial charge on any atom is 0.240 e. The highest BCUT2D eigenvalue weighted by Crippen LogP contribution is 2.35. The molecule has 1 aliphatic carbocycles. The Kier molecular flexibility index (Phi) is 4.62. The summed E-state index contributed by atoms with van der Waals surface area (Å²) >= 11 is 0. The second-order valence-corrected chi connectivity index (χ2v) is 7.66. The summed E-state index contributed by atoms with van der Waals surface area (Å²) in [5, 5.41) is 3.25. The van der Waals surface area contributed by atoms with E-state index in [9.17, 15) is 4.79 Å². The highest BCUT2D eigenvalue weighted by Gasteiger charge is 2.23. The van der Waals surface area contributed by atoms with Crippen molar-refractivity contribution in [3.05, 3.63) is 53.3 Å². The summed E-state index contributed by atoms with van der Waals surface area (Å²) < 4.78 is 13.4. The van der Waals surface area contributed by atoms with Gasteiger partial charge in [-0.05, 0) is 30.4 Å². The molecule has 0 unspecified atom stereocenters. The zero-order valence-electron chi connectivity index (χ0n) is 16.6. The molecule has 3 aromatic rings. The monoisotopic (exact) mass is 391 g/mol. The Morgan fingerprint density at radius 1 is 1.21 bits per heavy atom. The molecule has 1 aliphatic heterocycles. The average molecular weight is 391 g/mol. The Balaban J connectivity index is 1.42. The lowest BCUT2D eigenvalue weighted by atomic mass is 9.88. The van der Waals surface area contributed by atoms with Gasteiger partial charge in [0.1, 0.15) is 25.6 Å². The molecule has 0 saturated carbocycles. The third-order valence-corrected chi connectivity index (χ3v) is 5.81. The first-order chi connectivity index (χ1) is 14.2. The van der Waals surface area contributed by atoms with Crippen LogP contribution in [0.1, 0.15) is 42.8 Å². The molecule has 1 N–H and O–H groups in total. The summed E-state index contributed by atoms with van der Waals surface area (Å²) in [5.41, 5.74) is 4.33. The Bertz CT molecular complexity index is 1070. The van der Waals surface area contributed by atoms with Gasteiger partial charge in [-0.3, -0.25) is 4.79 Å². The predicted molar refractivity (Wildman–Crippen MR) is 110 cm³/mol. The van der Waals surface area contributed by atoms with Crippen molar-refractivity contribution in [1.29, 1.82) is 0 Å². The molecule has 2 aliphatic rings. The van der Waals surface area contributed by atoms with Crippen LogP contribution in [0, 0.1) is 0 Å². The molecule has 0 saturated heterocycles. The van der Waals surface area contributed by atoms with E-state index in [0.717, 1.165) is 48.3 Å². The number of aryl methyl sites for hydroxylation is 2. The summed E-state index contributed by atoms with van der Waals surface area (Å²) in [6.45, 7) is 3.39. The lowest BCUT2D eigenvalue weighted by Crippen LogP contribution is -2.33. The van der Waals surface area contributed by atoms with Crippen molar-refractivity contribution in [3.63, 3.8) is 0 Å². The zero-order valence-corrected chi connectivity index (χ0v) is 16.6. The van der Waals surface area contributed by atoms with Gasteiger partial charge in [0.05, 0.1) is 17.1 Å². The number of ether oxygens (including phenoxy) is 2. The van der Waals surface area contributed by atoms with Gasteiger partial charge >= 0.3 is 0 Å². The van der Waals surface area contributed by atoms with Crippen LogP contribution in [0.3, 0.4) is 0 Å². The Labute approximate surface area is 169 Å². The van der Waals surface area contributed by atoms with Gasteiger partial charge in [0.2, 0.25) is 5.91 Å². The van der Waals surface area contributed by atoms with E-state index in [1.165, 1.54) is 11.1 Å². The molecule has 1 atom stereocenters. The van der Waals surface area contributed by atoms with E-state index in [1.54, 1.807) is 0 Å². The normalized spacial score (nSPS) is 17.8. The van der Waals surface area contributed by atoms with Gasteiger partial charge in [-0.2, -0.15) is 0 Å². The second kappa shape index (κ2) is 7.43. The number of imidazole rings is 1. The molecular formula is C23H25N3O3. The molecule has 0 spiro atoms. The molecule has 6 heteroatoms. The van der Waals surface area contributed by atoms with Crippen LogP contribution in [0.25, 0.3) is 11.0 Å². The number of nitrogens with one attached hydrogen (secondary N) is 1. The van der Waals surface area contributed by atoms with Gasteiger partial charge in [0.25, 0.3) is 0 Å². The number of aromatic nitrogens is 2. The van der Waals surface area contributed by atoms with E-state index in [1.807, 2.05) is 22.8 Å². The van der Waals surface area contributed by atoms with Crippen LogP contribution >= 0.6 is 0 Å². The lowest BCUT2D eigenvalue weighted by Gasteiger charge is -2.26. The van der Waals surface area contributed by atoms with Crippen LogP contribution in [-0.4, -0.2) is 28.7 Å². The number of nitrogens with zero attached hydrogens (tertiary/aromatic N) is 2. The number of rotatable bonds is 4. The third kappa shape index (κ3) is 3.33. The molecule has 0 radical (unpaired) electrons. The lowest BCUT2D eigenvalue weighted by molar-refractivity contribution is -0.122. The number of hydrogen-bond acceptors (Lipinski definition) is 4. The summed E-state index contributed by atoms with van der Waals surface area (Å²) in [7, 11) is 0. The second-order valence-electron chi connectivity index (χ2n) is 7.66. The van der Waals surface area contributed by atoms with Gasteiger partial charge in [-0.15, -0.1) is 0 Å². The summed E-state index contributed by atoms with van der Waals surface area (Å²) in [6.07, 6.45) is 3.91. The summed E-state index contributed by atoms with van der Waals surface area (Å²) in [5.74, 6) is 2.34. The topological polar surface area (TPSA) is 65.4 Å². The Morgan fingerprint density at radius 2 is 2.00 bits per heavy atom. The standard InChI is InChI=1S/C23H25N3O3/c1-2-22-24-18-12-20-21(29-11-10-28-20)13-19(18)26(22)14-23(27)25-17-9-5-7-15-6-3-4-8-16(15)17/h3-4,6,8,12-13,17H,2,5,7,9-11,14H2,1H3,(H,25,27)/t17-/m0/s1. The van der Waals surface area contributed by atoms with Crippen molar-refractivity contribution in [2.45, 2.75) is 45.2 Å². The maximum atomic E-state index is 13.0. The molecule has 0 fully saturated rings. The van der Waals surface area contributed by atoms with E-state index >= 15 is 0 Å². The smallest absolute Gasteiger partial charge is 0.240 e. The van der Waals surface area contributed by atoms with Gasteiger partial charge in [0.15, 0.2) is 11.5 Å². The molecule has 5 rings (SSSR count). The Hall–Kier alpha value is -3.02. The van der Waals surface area contributed by atoms with E-state index in [4.69, 9.17) is 14.5 Å². The third-order valence-electron chi connectivity index (χ3n) is 5.81. The molecule has 0 bridgehead atoms. The molecule has 150 valence electrons. The van der Waals surface area contributed by atoms with Crippen molar-refractivity contribution in [2.75, 3.05) is 13.2 Å². The van der Waals surface area contributed by atoms with Gasteiger partial charge in [0, 0.05) is 18.6 Å². The van der Waals surface area contributed by atoms with E-state index < -0.39 is 0 Å². The number of benzene rings is 2. The number of hydrogen-bond donors (Lipinski definition) is 1. The van der Waals surface area contributed by atoms with Crippen LogP contribution in [0.2, 0.25) is 0 Å². The molecule has 1 aromatic heterocycles. The molecular weight excluding hydrogens is 366 g/mol. The fraction of sp³-hybridized carbons (Fsp3) is 0.391. The minimum atomic E-state index is 0.00981. The SMILES string of the molecule is CCc1nc2cc3c(cc2n1CC(=O)N[C@H]1CCCc2ccccc21)OCCO3. The largest absolute Gasteiger partial charge is 0.486 e. The minimum absolute atomic E-state index is 0.00981. The van der Waals surface area contributed by atoms with E-state index in [0.29, 0.717) is 19.0 Å². The van der Waals surface area contributed by atoms with Crippen LogP contribution in [0.15, 0.2) is 36.4 Å². The highest BCUT2D eigenvalue weighted by molar-refractivity contribution is 5.84. The highest BCUT2D eigenvalue weighted by atomic mass is 16.6. The number of carbonyl (C=O) groups is 1. The maximum absolute atomic E-state index is 13.0.